The first-order valence-electron chi connectivity index (χ1n) is 5.62. The summed E-state index contributed by atoms with van der Waals surface area (Å²) < 4.78 is 0. The highest BCUT2D eigenvalue weighted by atomic mass is 16.5. The fourth-order valence-corrected chi connectivity index (χ4v) is 2.40. The molecule has 0 amide bonds. The maximum Gasteiger partial charge on any atom is 0.0253 e. The van der Waals surface area contributed by atoms with Crippen LogP contribution in [0.3, 0.4) is 0 Å². The Kier molecular flexibility index (Phi) is 3.38. The quantitative estimate of drug-likeness (QED) is 0.648. The van der Waals surface area contributed by atoms with Crippen LogP contribution in [0.1, 0.15) is 12.8 Å². The zero-order valence-corrected chi connectivity index (χ0v) is 9.02. The maximum atomic E-state index is 9.27. The number of nitrogens with zero attached hydrogens (tertiary/aromatic N) is 3. The van der Waals surface area contributed by atoms with Crippen molar-refractivity contribution in [2.75, 3.05) is 46.3 Å². The molecule has 14 heavy (non-hydrogen) atoms. The Morgan fingerprint density at radius 3 is 2.07 bits per heavy atom. The molecule has 2 rings (SSSR count). The van der Waals surface area contributed by atoms with Crippen molar-refractivity contribution in [2.45, 2.75) is 18.9 Å². The normalized spacial score (nSPS) is 29.6. The second-order valence-corrected chi connectivity index (χ2v) is 4.52. The van der Waals surface area contributed by atoms with Gasteiger partial charge < -0.3 is 10.1 Å². The lowest BCUT2D eigenvalue weighted by atomic mass is 10.0. The van der Waals surface area contributed by atoms with E-state index in [0.717, 1.165) is 25.9 Å². The third kappa shape index (κ3) is 2.45. The molecule has 2 aliphatic rings. The van der Waals surface area contributed by atoms with E-state index in [1.54, 1.807) is 0 Å². The third-order valence-electron chi connectivity index (χ3n) is 3.50. The van der Waals surface area contributed by atoms with Crippen molar-refractivity contribution in [3.63, 3.8) is 0 Å². The summed E-state index contributed by atoms with van der Waals surface area (Å²) in [4.78, 5) is 4.98. The molecule has 0 bridgehead atoms. The maximum absolute atomic E-state index is 9.27. The molecule has 0 aromatic heterocycles. The molecule has 0 aromatic rings. The first kappa shape index (κ1) is 10.4. The Hall–Kier alpha value is -0.160. The Labute approximate surface area is 86.0 Å². The van der Waals surface area contributed by atoms with Crippen LogP contribution in [0.4, 0.5) is 0 Å². The molecule has 1 N–H and O–H groups in total. The number of piperidine rings is 1. The van der Waals surface area contributed by atoms with E-state index >= 15 is 0 Å². The van der Waals surface area contributed by atoms with Crippen molar-refractivity contribution >= 4 is 0 Å². The molecule has 0 unspecified atom stereocenters. The number of rotatable bonds is 1. The topological polar surface area (TPSA) is 30.0 Å². The highest BCUT2D eigenvalue weighted by molar-refractivity contribution is 4.80. The van der Waals surface area contributed by atoms with Gasteiger partial charge in [-0.1, -0.05) is 0 Å². The van der Waals surface area contributed by atoms with Crippen LogP contribution < -0.4 is 0 Å². The van der Waals surface area contributed by atoms with Gasteiger partial charge in [0, 0.05) is 45.3 Å². The molecule has 0 spiro atoms. The highest BCUT2D eigenvalue weighted by Crippen LogP contribution is 2.16. The molecule has 2 heterocycles. The largest absolute Gasteiger partial charge is 0.314 e. The number of piperazine rings is 1. The van der Waals surface area contributed by atoms with Crippen LogP contribution in [0.5, 0.6) is 0 Å². The Morgan fingerprint density at radius 1 is 0.929 bits per heavy atom. The SMILES string of the molecule is CN1CCN(C2CCN(O)CC2)CC1. The number of hydroxylamine groups is 2. The van der Waals surface area contributed by atoms with Crippen LogP contribution >= 0.6 is 0 Å². The van der Waals surface area contributed by atoms with Crippen molar-refractivity contribution in [3.8, 4) is 0 Å². The summed E-state index contributed by atoms with van der Waals surface area (Å²) in [6.45, 7) is 6.48. The first-order chi connectivity index (χ1) is 6.75. The van der Waals surface area contributed by atoms with Crippen molar-refractivity contribution in [3.05, 3.63) is 0 Å². The first-order valence-corrected chi connectivity index (χ1v) is 5.62. The molecule has 2 fully saturated rings. The number of hydrogen-bond donors (Lipinski definition) is 1. The summed E-state index contributed by atoms with van der Waals surface area (Å²) in [5, 5.41) is 10.7. The number of likely N-dealkylation sites (N-methyl/N-ethyl adjacent to an activating group) is 1. The lowest BCUT2D eigenvalue weighted by Crippen LogP contribution is -2.51. The Bertz CT molecular complexity index is 152. The van der Waals surface area contributed by atoms with E-state index in [0.29, 0.717) is 6.04 Å². The highest BCUT2D eigenvalue weighted by Gasteiger charge is 2.25. The van der Waals surface area contributed by atoms with Gasteiger partial charge in [0.2, 0.25) is 0 Å². The minimum atomic E-state index is 0.715. The van der Waals surface area contributed by atoms with Crippen LogP contribution in [-0.4, -0.2) is 72.4 Å². The van der Waals surface area contributed by atoms with Crippen molar-refractivity contribution < 1.29 is 5.21 Å². The molecule has 4 heteroatoms. The predicted molar refractivity (Wildman–Crippen MR) is 55.5 cm³/mol. The molecule has 2 saturated heterocycles. The third-order valence-corrected chi connectivity index (χ3v) is 3.50. The zero-order chi connectivity index (χ0) is 9.97. The van der Waals surface area contributed by atoms with E-state index in [2.05, 4.69) is 16.8 Å². The molecule has 0 aromatic carbocycles. The van der Waals surface area contributed by atoms with E-state index in [1.807, 2.05) is 0 Å². The Morgan fingerprint density at radius 2 is 1.50 bits per heavy atom. The van der Waals surface area contributed by atoms with E-state index in [1.165, 1.54) is 31.2 Å². The average Bonchev–Trinajstić information content (AvgIpc) is 2.21. The van der Waals surface area contributed by atoms with Gasteiger partial charge in [-0.2, -0.15) is 5.06 Å². The predicted octanol–water partition coefficient (Wildman–Crippen LogP) is 0.0874. The fraction of sp³-hybridized carbons (Fsp3) is 1.00. The summed E-state index contributed by atoms with van der Waals surface area (Å²) in [6.07, 6.45) is 2.25. The van der Waals surface area contributed by atoms with E-state index in [9.17, 15) is 5.21 Å². The van der Waals surface area contributed by atoms with Gasteiger partial charge in [-0.05, 0) is 19.9 Å². The summed E-state index contributed by atoms with van der Waals surface area (Å²) in [7, 11) is 2.19. The minimum absolute atomic E-state index is 0.715. The van der Waals surface area contributed by atoms with Crippen molar-refractivity contribution in [2.24, 2.45) is 0 Å². The fourth-order valence-electron chi connectivity index (χ4n) is 2.40. The van der Waals surface area contributed by atoms with E-state index in [-0.39, 0.29) is 0 Å². The van der Waals surface area contributed by atoms with Crippen molar-refractivity contribution in [1.82, 2.24) is 14.9 Å². The van der Waals surface area contributed by atoms with Gasteiger partial charge in [-0.3, -0.25) is 4.90 Å². The molecule has 0 saturated carbocycles. The lowest BCUT2D eigenvalue weighted by Gasteiger charge is -2.40. The van der Waals surface area contributed by atoms with Gasteiger partial charge in [0.1, 0.15) is 0 Å². The molecule has 82 valence electrons. The molecule has 2 aliphatic heterocycles. The summed E-state index contributed by atoms with van der Waals surface area (Å²) in [6, 6.07) is 0.715. The second kappa shape index (κ2) is 4.57. The standard InChI is InChI=1S/C10H21N3O/c1-11-6-8-12(9-7-11)10-2-4-13(14)5-3-10/h10,14H,2-9H2,1H3. The van der Waals surface area contributed by atoms with Gasteiger partial charge in [-0.25, -0.2) is 0 Å². The molecule has 4 nitrogen and oxygen atoms in total. The van der Waals surface area contributed by atoms with E-state index < -0.39 is 0 Å². The molecule has 0 radical (unpaired) electrons. The Balaban J connectivity index is 1.78. The summed E-state index contributed by atoms with van der Waals surface area (Å²) in [5.41, 5.74) is 0. The van der Waals surface area contributed by atoms with Gasteiger partial charge in [-0.15, -0.1) is 0 Å². The molecule has 0 atom stereocenters. The molecular formula is C10H21N3O. The van der Waals surface area contributed by atoms with Crippen molar-refractivity contribution in [1.29, 1.82) is 0 Å². The zero-order valence-electron chi connectivity index (χ0n) is 9.02. The van der Waals surface area contributed by atoms with Crippen LogP contribution in [0, 0.1) is 0 Å². The molecular weight excluding hydrogens is 178 g/mol. The van der Waals surface area contributed by atoms with Gasteiger partial charge in [0.15, 0.2) is 0 Å². The van der Waals surface area contributed by atoms with Crippen LogP contribution in [0.2, 0.25) is 0 Å². The summed E-state index contributed by atoms with van der Waals surface area (Å²) >= 11 is 0. The van der Waals surface area contributed by atoms with Crippen LogP contribution in [0.15, 0.2) is 0 Å². The second-order valence-electron chi connectivity index (χ2n) is 4.52. The molecule has 0 aliphatic carbocycles. The van der Waals surface area contributed by atoms with Gasteiger partial charge >= 0.3 is 0 Å². The monoisotopic (exact) mass is 199 g/mol. The lowest BCUT2D eigenvalue weighted by molar-refractivity contribution is -0.117. The van der Waals surface area contributed by atoms with Gasteiger partial charge in [0.25, 0.3) is 0 Å². The van der Waals surface area contributed by atoms with E-state index in [4.69, 9.17) is 0 Å². The number of hydrogen-bond acceptors (Lipinski definition) is 4. The van der Waals surface area contributed by atoms with Crippen LogP contribution in [0.25, 0.3) is 0 Å². The minimum Gasteiger partial charge on any atom is -0.314 e. The summed E-state index contributed by atoms with van der Waals surface area (Å²) in [5.74, 6) is 0. The van der Waals surface area contributed by atoms with Gasteiger partial charge in [0.05, 0.1) is 0 Å². The average molecular weight is 199 g/mol. The smallest absolute Gasteiger partial charge is 0.0253 e. The van der Waals surface area contributed by atoms with Crippen LogP contribution in [-0.2, 0) is 0 Å².